The second kappa shape index (κ2) is 5.43. The van der Waals surface area contributed by atoms with Crippen LogP contribution >= 0.6 is 7.92 Å². The molecule has 1 aromatic heterocycles. The molecule has 0 aliphatic heterocycles. The minimum atomic E-state index is 0.114. The largest absolute Gasteiger partial charge is 0.304 e. The molecule has 0 atom stereocenters. The lowest BCUT2D eigenvalue weighted by Gasteiger charge is -2.10. The van der Waals surface area contributed by atoms with Gasteiger partial charge in [-0.05, 0) is 39.6 Å². The quantitative estimate of drug-likeness (QED) is 0.709. The minimum absolute atomic E-state index is 0.114. The van der Waals surface area contributed by atoms with Crippen molar-refractivity contribution >= 4 is 7.92 Å². The summed E-state index contributed by atoms with van der Waals surface area (Å²) in [6.45, 7) is 5.50. The van der Waals surface area contributed by atoms with Gasteiger partial charge >= 0.3 is 0 Å². The molecule has 2 nitrogen and oxygen atoms in total. The number of rotatable bonds is 4. The Hall–Kier alpha value is -0.460. The van der Waals surface area contributed by atoms with E-state index in [1.807, 2.05) is 0 Å². The van der Waals surface area contributed by atoms with Crippen LogP contribution in [-0.4, -0.2) is 37.3 Å². The van der Waals surface area contributed by atoms with Crippen LogP contribution in [0.5, 0.6) is 0 Å². The summed E-state index contributed by atoms with van der Waals surface area (Å²) in [5.74, 6) is 0. The molecule has 0 aromatic carbocycles. The van der Waals surface area contributed by atoms with E-state index in [-0.39, 0.29) is 7.92 Å². The molecule has 0 amide bonds. The predicted octanol–water partition coefficient (Wildman–Crippen LogP) is 2.38. The molecule has 0 spiro atoms. The van der Waals surface area contributed by atoms with Gasteiger partial charge in [0.05, 0.1) is 5.69 Å². The van der Waals surface area contributed by atoms with Gasteiger partial charge in [0, 0.05) is 18.4 Å². The van der Waals surface area contributed by atoms with E-state index in [0.717, 1.165) is 12.7 Å². The van der Waals surface area contributed by atoms with Crippen LogP contribution in [0.15, 0.2) is 18.2 Å². The van der Waals surface area contributed by atoms with E-state index in [4.69, 9.17) is 0 Å². The van der Waals surface area contributed by atoms with Gasteiger partial charge in [-0.2, -0.15) is 0 Å². The maximum Gasteiger partial charge on any atom is 0.0547 e. The summed E-state index contributed by atoms with van der Waals surface area (Å²) in [5.41, 5.74) is 2.41. The van der Waals surface area contributed by atoms with E-state index in [2.05, 4.69) is 55.5 Å². The summed E-state index contributed by atoms with van der Waals surface area (Å²) in [5, 5.41) is 0. The second-order valence-electron chi connectivity index (χ2n) is 4.10. The van der Waals surface area contributed by atoms with Crippen LogP contribution in [0.4, 0.5) is 0 Å². The first-order valence-electron chi connectivity index (χ1n) is 4.82. The number of hydrogen-bond acceptors (Lipinski definition) is 2. The van der Waals surface area contributed by atoms with E-state index >= 15 is 0 Å². The van der Waals surface area contributed by atoms with Crippen LogP contribution in [0.1, 0.15) is 11.4 Å². The Labute approximate surface area is 88.1 Å². The van der Waals surface area contributed by atoms with Gasteiger partial charge in [-0.15, -0.1) is 7.92 Å². The first-order chi connectivity index (χ1) is 6.58. The molecule has 0 aliphatic rings. The molecule has 0 radical (unpaired) electrons. The summed E-state index contributed by atoms with van der Waals surface area (Å²) in [6, 6.07) is 6.33. The van der Waals surface area contributed by atoms with Gasteiger partial charge in [-0.3, -0.25) is 4.98 Å². The third-order valence-electron chi connectivity index (χ3n) is 1.82. The molecular weight excluding hydrogens is 191 g/mol. The highest BCUT2D eigenvalue weighted by Gasteiger charge is 2.01. The Bertz CT molecular complexity index is 259. The molecule has 14 heavy (non-hydrogen) atoms. The smallest absolute Gasteiger partial charge is 0.0547 e. The normalized spacial score (nSPS) is 11.3. The Morgan fingerprint density at radius 2 is 1.86 bits per heavy atom. The van der Waals surface area contributed by atoms with Gasteiger partial charge < -0.3 is 4.90 Å². The molecule has 0 unspecified atom stereocenters. The van der Waals surface area contributed by atoms with E-state index < -0.39 is 0 Å². The van der Waals surface area contributed by atoms with Crippen LogP contribution in [0, 0.1) is 0 Å². The molecule has 78 valence electrons. The van der Waals surface area contributed by atoms with Gasteiger partial charge in [0.15, 0.2) is 0 Å². The molecule has 0 aliphatic carbocycles. The fraction of sp³-hybridized carbons (Fsp3) is 0.545. The van der Waals surface area contributed by atoms with Gasteiger partial charge in [0.1, 0.15) is 0 Å². The van der Waals surface area contributed by atoms with Crippen molar-refractivity contribution in [2.75, 3.05) is 27.4 Å². The lowest BCUT2D eigenvalue weighted by atomic mass is 10.3. The number of nitrogens with zero attached hydrogens (tertiary/aromatic N) is 2. The molecule has 0 saturated carbocycles. The highest BCUT2D eigenvalue weighted by Crippen LogP contribution is 2.29. The van der Waals surface area contributed by atoms with Crippen molar-refractivity contribution in [3.8, 4) is 0 Å². The highest BCUT2D eigenvalue weighted by molar-refractivity contribution is 7.55. The Morgan fingerprint density at radius 1 is 1.21 bits per heavy atom. The zero-order chi connectivity index (χ0) is 10.6. The van der Waals surface area contributed by atoms with Crippen molar-refractivity contribution in [2.24, 2.45) is 0 Å². The van der Waals surface area contributed by atoms with Crippen molar-refractivity contribution in [3.05, 3.63) is 29.6 Å². The molecule has 0 fully saturated rings. The molecule has 3 heteroatoms. The third kappa shape index (κ3) is 4.17. The maximum atomic E-state index is 4.63. The fourth-order valence-corrected chi connectivity index (χ4v) is 2.18. The number of hydrogen-bond donors (Lipinski definition) is 0. The molecule has 0 saturated heterocycles. The lowest BCUT2D eigenvalue weighted by Crippen LogP contribution is -2.12. The van der Waals surface area contributed by atoms with Crippen molar-refractivity contribution in [2.45, 2.75) is 12.7 Å². The molecule has 1 heterocycles. The van der Waals surface area contributed by atoms with Gasteiger partial charge in [-0.25, -0.2) is 0 Å². The molecule has 1 rings (SSSR count). The molecule has 1 aromatic rings. The first-order valence-corrected chi connectivity index (χ1v) is 7.24. The molecule has 0 bridgehead atoms. The third-order valence-corrected chi connectivity index (χ3v) is 2.78. The molecular formula is C11H19N2P. The van der Waals surface area contributed by atoms with Gasteiger partial charge in [-0.1, -0.05) is 6.07 Å². The summed E-state index contributed by atoms with van der Waals surface area (Å²) >= 11 is 0. The van der Waals surface area contributed by atoms with Crippen molar-refractivity contribution in [1.82, 2.24) is 9.88 Å². The number of aromatic nitrogens is 1. The van der Waals surface area contributed by atoms with Crippen LogP contribution in [-0.2, 0) is 12.7 Å². The van der Waals surface area contributed by atoms with Crippen molar-refractivity contribution in [3.63, 3.8) is 0 Å². The second-order valence-corrected chi connectivity index (χ2v) is 6.57. The van der Waals surface area contributed by atoms with Gasteiger partial charge in [0.2, 0.25) is 0 Å². The summed E-state index contributed by atoms with van der Waals surface area (Å²) in [7, 11) is 4.26. The van der Waals surface area contributed by atoms with E-state index in [1.54, 1.807) is 0 Å². The average molecular weight is 210 g/mol. The zero-order valence-corrected chi connectivity index (χ0v) is 10.4. The van der Waals surface area contributed by atoms with Crippen molar-refractivity contribution < 1.29 is 0 Å². The summed E-state index contributed by atoms with van der Waals surface area (Å²) in [4.78, 5) is 6.77. The van der Waals surface area contributed by atoms with Gasteiger partial charge in [0.25, 0.3) is 0 Å². The fourth-order valence-electron chi connectivity index (χ4n) is 1.35. The molecule has 0 N–H and O–H groups in total. The van der Waals surface area contributed by atoms with Crippen LogP contribution in [0.3, 0.4) is 0 Å². The summed E-state index contributed by atoms with van der Waals surface area (Å²) < 4.78 is 0. The topological polar surface area (TPSA) is 16.1 Å². The monoisotopic (exact) mass is 210 g/mol. The van der Waals surface area contributed by atoms with Crippen LogP contribution < -0.4 is 0 Å². The highest BCUT2D eigenvalue weighted by atomic mass is 31.1. The minimum Gasteiger partial charge on any atom is -0.304 e. The average Bonchev–Trinajstić information content (AvgIpc) is 2.01. The Balaban J connectivity index is 2.68. The lowest BCUT2D eigenvalue weighted by molar-refractivity contribution is 0.396. The van der Waals surface area contributed by atoms with Crippen LogP contribution in [0.25, 0.3) is 0 Å². The zero-order valence-electron chi connectivity index (χ0n) is 9.49. The van der Waals surface area contributed by atoms with E-state index in [0.29, 0.717) is 0 Å². The Morgan fingerprint density at radius 3 is 2.43 bits per heavy atom. The van der Waals surface area contributed by atoms with Crippen LogP contribution in [0.2, 0.25) is 0 Å². The Kier molecular flexibility index (Phi) is 4.50. The standard InChI is InChI=1S/C11H19N2P/c1-13(2)8-10-6-5-7-11(12-10)9-14(3)4/h5-7H,8-9H2,1-4H3. The maximum absolute atomic E-state index is 4.63. The van der Waals surface area contributed by atoms with E-state index in [9.17, 15) is 0 Å². The first kappa shape index (κ1) is 11.6. The summed E-state index contributed by atoms with van der Waals surface area (Å²) in [6.07, 6.45) is 1.14. The SMILES string of the molecule is CN(C)Cc1cccc(CP(C)C)n1. The predicted molar refractivity (Wildman–Crippen MR) is 64.1 cm³/mol. The number of pyridine rings is 1. The van der Waals surface area contributed by atoms with E-state index in [1.165, 1.54) is 11.4 Å². The van der Waals surface area contributed by atoms with Crippen molar-refractivity contribution in [1.29, 1.82) is 0 Å².